The van der Waals surface area contributed by atoms with Gasteiger partial charge >= 0.3 is 0 Å². The van der Waals surface area contributed by atoms with Gasteiger partial charge in [-0.15, -0.1) is 0 Å². The standard InChI is InChI=1S/C16H24FN3O3/c1-9-6-13-14(10(2)23-9)19-20(4-5-22-3)15(13)16(21)18-12-7-11(17)8-12/h9-12H,4-8H2,1-3H3,(H,18,21)/t9-,10+,11?,12?/m0/s1. The molecule has 0 bridgehead atoms. The van der Waals surface area contributed by atoms with Crippen molar-refractivity contribution >= 4 is 5.91 Å². The number of fused-ring (bicyclic) bond motifs is 1. The van der Waals surface area contributed by atoms with Gasteiger partial charge in [0.05, 0.1) is 31.1 Å². The average molecular weight is 325 g/mol. The fourth-order valence-corrected chi connectivity index (χ4v) is 3.31. The summed E-state index contributed by atoms with van der Waals surface area (Å²) in [4.78, 5) is 12.7. The van der Waals surface area contributed by atoms with Crippen LogP contribution < -0.4 is 5.32 Å². The van der Waals surface area contributed by atoms with Gasteiger partial charge in [-0.2, -0.15) is 5.10 Å². The highest BCUT2D eigenvalue weighted by molar-refractivity contribution is 5.94. The van der Waals surface area contributed by atoms with Crippen molar-refractivity contribution in [2.45, 2.75) is 64.1 Å². The lowest BCUT2D eigenvalue weighted by Crippen LogP contribution is -2.46. The van der Waals surface area contributed by atoms with Gasteiger partial charge in [-0.3, -0.25) is 9.48 Å². The second kappa shape index (κ2) is 6.57. The van der Waals surface area contributed by atoms with Crippen LogP contribution in [0.5, 0.6) is 0 Å². The minimum absolute atomic E-state index is 0.0445. The third-order valence-electron chi connectivity index (χ3n) is 4.53. The molecular formula is C16H24FN3O3. The number of hydrogen-bond donors (Lipinski definition) is 1. The Hall–Kier alpha value is -1.47. The van der Waals surface area contributed by atoms with Crippen molar-refractivity contribution in [1.29, 1.82) is 0 Å². The Kier molecular flexibility index (Phi) is 4.68. The van der Waals surface area contributed by atoms with Gasteiger partial charge < -0.3 is 14.8 Å². The Balaban J connectivity index is 1.87. The molecule has 2 aliphatic rings. The molecule has 1 aromatic heterocycles. The molecule has 23 heavy (non-hydrogen) atoms. The zero-order valence-corrected chi connectivity index (χ0v) is 13.8. The second-order valence-electron chi connectivity index (χ2n) is 6.46. The van der Waals surface area contributed by atoms with E-state index in [1.165, 1.54) is 0 Å². The molecule has 0 radical (unpaired) electrons. The van der Waals surface area contributed by atoms with Crippen LogP contribution in [0.1, 0.15) is 54.5 Å². The SMILES string of the molecule is COCCn1nc2c(c1C(=O)NC1CC(F)C1)C[C@H](C)O[C@@H]2C. The van der Waals surface area contributed by atoms with E-state index in [2.05, 4.69) is 10.4 Å². The smallest absolute Gasteiger partial charge is 0.270 e. The third kappa shape index (κ3) is 3.26. The molecule has 1 aliphatic carbocycles. The summed E-state index contributed by atoms with van der Waals surface area (Å²) in [6.45, 7) is 4.92. The Morgan fingerprint density at radius 2 is 2.22 bits per heavy atom. The number of halogens is 1. The van der Waals surface area contributed by atoms with Crippen LogP contribution in [-0.2, 0) is 22.4 Å². The molecule has 6 nitrogen and oxygen atoms in total. The first-order valence-electron chi connectivity index (χ1n) is 8.18. The summed E-state index contributed by atoms with van der Waals surface area (Å²) in [7, 11) is 1.62. The largest absolute Gasteiger partial charge is 0.383 e. The molecule has 1 aliphatic heterocycles. The summed E-state index contributed by atoms with van der Waals surface area (Å²) in [6, 6.07) is -0.0754. The molecule has 1 fully saturated rings. The van der Waals surface area contributed by atoms with Crippen LogP contribution in [0.3, 0.4) is 0 Å². The van der Waals surface area contributed by atoms with E-state index in [-0.39, 0.29) is 24.2 Å². The molecule has 2 heterocycles. The van der Waals surface area contributed by atoms with Crippen LogP contribution >= 0.6 is 0 Å². The lowest BCUT2D eigenvalue weighted by atomic mass is 9.90. The van der Waals surface area contributed by atoms with Crippen LogP contribution in [0.2, 0.25) is 0 Å². The number of methoxy groups -OCH3 is 1. The average Bonchev–Trinajstić information content (AvgIpc) is 2.82. The van der Waals surface area contributed by atoms with Gasteiger partial charge in [0.25, 0.3) is 5.91 Å². The van der Waals surface area contributed by atoms with Crippen LogP contribution in [0.25, 0.3) is 0 Å². The van der Waals surface area contributed by atoms with Crippen LogP contribution in [-0.4, -0.2) is 47.7 Å². The van der Waals surface area contributed by atoms with E-state index in [4.69, 9.17) is 9.47 Å². The molecule has 2 atom stereocenters. The predicted molar refractivity (Wildman–Crippen MR) is 82.2 cm³/mol. The van der Waals surface area contributed by atoms with Gasteiger partial charge in [-0.25, -0.2) is 4.39 Å². The third-order valence-corrected chi connectivity index (χ3v) is 4.53. The fraction of sp³-hybridized carbons (Fsp3) is 0.750. The van der Waals surface area contributed by atoms with Crippen molar-refractivity contribution in [2.24, 2.45) is 0 Å². The monoisotopic (exact) mass is 325 g/mol. The Labute approximate surface area is 135 Å². The van der Waals surface area contributed by atoms with Gasteiger partial charge in [0.1, 0.15) is 11.9 Å². The summed E-state index contributed by atoms with van der Waals surface area (Å²) in [6.07, 6.45) is 0.574. The number of aromatic nitrogens is 2. The Morgan fingerprint density at radius 3 is 2.87 bits per heavy atom. The summed E-state index contributed by atoms with van der Waals surface area (Å²) in [5, 5.41) is 7.49. The van der Waals surface area contributed by atoms with Crippen molar-refractivity contribution in [2.75, 3.05) is 13.7 Å². The summed E-state index contributed by atoms with van der Waals surface area (Å²) in [5.41, 5.74) is 2.34. The lowest BCUT2D eigenvalue weighted by molar-refractivity contribution is -0.00717. The molecule has 3 rings (SSSR count). The van der Waals surface area contributed by atoms with E-state index in [0.717, 1.165) is 11.3 Å². The fourth-order valence-electron chi connectivity index (χ4n) is 3.31. The maximum Gasteiger partial charge on any atom is 0.270 e. The number of nitrogens with zero attached hydrogens (tertiary/aromatic N) is 2. The summed E-state index contributed by atoms with van der Waals surface area (Å²) < 4.78 is 25.6. The van der Waals surface area contributed by atoms with Crippen molar-refractivity contribution in [1.82, 2.24) is 15.1 Å². The summed E-state index contributed by atoms with van der Waals surface area (Å²) in [5.74, 6) is -0.173. The normalized spacial score (nSPS) is 29.7. The molecule has 1 amide bonds. The van der Waals surface area contributed by atoms with Gasteiger partial charge in [-0.05, 0) is 26.7 Å². The van der Waals surface area contributed by atoms with E-state index in [9.17, 15) is 9.18 Å². The first-order valence-corrected chi connectivity index (χ1v) is 8.18. The van der Waals surface area contributed by atoms with Crippen molar-refractivity contribution in [3.05, 3.63) is 17.0 Å². The zero-order valence-electron chi connectivity index (χ0n) is 13.8. The molecule has 0 spiro atoms. The minimum atomic E-state index is -0.791. The van der Waals surface area contributed by atoms with E-state index in [1.54, 1.807) is 11.8 Å². The zero-order chi connectivity index (χ0) is 16.6. The molecule has 1 N–H and O–H groups in total. The lowest BCUT2D eigenvalue weighted by Gasteiger charge is -2.30. The maximum absolute atomic E-state index is 13.0. The number of hydrogen-bond acceptors (Lipinski definition) is 4. The molecule has 0 aromatic carbocycles. The van der Waals surface area contributed by atoms with Crippen molar-refractivity contribution in [3.63, 3.8) is 0 Å². The second-order valence-corrected chi connectivity index (χ2v) is 6.46. The van der Waals surface area contributed by atoms with Gasteiger partial charge in [0.15, 0.2) is 0 Å². The number of nitrogens with one attached hydrogen (secondary N) is 1. The van der Waals surface area contributed by atoms with Gasteiger partial charge in [-0.1, -0.05) is 0 Å². The molecule has 0 saturated heterocycles. The van der Waals surface area contributed by atoms with Crippen LogP contribution in [0.4, 0.5) is 4.39 Å². The number of rotatable bonds is 5. The van der Waals surface area contributed by atoms with E-state index < -0.39 is 6.17 Å². The summed E-state index contributed by atoms with van der Waals surface area (Å²) >= 11 is 0. The van der Waals surface area contributed by atoms with E-state index in [1.807, 2.05) is 13.8 Å². The molecule has 128 valence electrons. The first kappa shape index (κ1) is 16.4. The van der Waals surface area contributed by atoms with Crippen LogP contribution in [0, 0.1) is 0 Å². The highest BCUT2D eigenvalue weighted by Gasteiger charge is 2.35. The van der Waals surface area contributed by atoms with Crippen molar-refractivity contribution in [3.8, 4) is 0 Å². The molecular weight excluding hydrogens is 301 g/mol. The van der Waals surface area contributed by atoms with Gasteiger partial charge in [0.2, 0.25) is 0 Å². The highest BCUT2D eigenvalue weighted by atomic mass is 19.1. The first-order chi connectivity index (χ1) is 11.0. The quantitative estimate of drug-likeness (QED) is 0.896. The molecule has 1 saturated carbocycles. The molecule has 1 aromatic rings. The number of ether oxygens (including phenoxy) is 2. The topological polar surface area (TPSA) is 65.4 Å². The predicted octanol–water partition coefficient (Wildman–Crippen LogP) is 1.78. The Bertz CT molecular complexity index is 583. The van der Waals surface area contributed by atoms with Crippen LogP contribution in [0.15, 0.2) is 0 Å². The maximum atomic E-state index is 13.0. The van der Waals surface area contributed by atoms with E-state index >= 15 is 0 Å². The number of amides is 1. The van der Waals surface area contributed by atoms with Crippen molar-refractivity contribution < 1.29 is 18.7 Å². The molecule has 7 heteroatoms. The minimum Gasteiger partial charge on any atom is -0.383 e. The number of carbonyl (C=O) groups is 1. The number of alkyl halides is 1. The highest BCUT2D eigenvalue weighted by Crippen LogP contribution is 2.32. The van der Waals surface area contributed by atoms with Gasteiger partial charge in [0, 0.05) is 25.1 Å². The number of carbonyl (C=O) groups excluding carboxylic acids is 1. The Morgan fingerprint density at radius 1 is 1.48 bits per heavy atom. The molecule has 0 unspecified atom stereocenters. The van der Waals surface area contributed by atoms with E-state index in [0.29, 0.717) is 38.1 Å².